The van der Waals surface area contributed by atoms with Crippen LogP contribution in [0, 0.1) is 0 Å². The second kappa shape index (κ2) is 5.84. The van der Waals surface area contributed by atoms with Crippen LogP contribution in [0.3, 0.4) is 0 Å². The average molecular weight is 261 g/mol. The molecule has 1 unspecified atom stereocenters. The fraction of sp³-hybridized carbons (Fsp3) is 0.429. The zero-order chi connectivity index (χ0) is 13.8. The standard InChI is InChI=1S/C14H19N3O2/c1-10-14(19)17(8-2-7-16-10)9-11-3-5-12(6-4-11)13(15)18/h3-6,10,16H,2,7-9H2,1H3,(H2,15,18). The van der Waals surface area contributed by atoms with Gasteiger partial charge in [0.2, 0.25) is 11.8 Å². The molecule has 0 aliphatic carbocycles. The number of rotatable bonds is 3. The minimum atomic E-state index is -0.435. The minimum Gasteiger partial charge on any atom is -0.366 e. The number of amides is 2. The summed E-state index contributed by atoms with van der Waals surface area (Å²) in [6.07, 6.45) is 0.954. The summed E-state index contributed by atoms with van der Waals surface area (Å²) in [5, 5.41) is 3.18. The molecule has 1 aliphatic heterocycles. The van der Waals surface area contributed by atoms with Gasteiger partial charge in [0, 0.05) is 18.7 Å². The summed E-state index contributed by atoms with van der Waals surface area (Å²) in [4.78, 5) is 25.0. The van der Waals surface area contributed by atoms with Gasteiger partial charge in [-0.2, -0.15) is 0 Å². The summed E-state index contributed by atoms with van der Waals surface area (Å²) in [5.74, 6) is -0.313. The van der Waals surface area contributed by atoms with Crippen LogP contribution in [0.1, 0.15) is 29.3 Å². The third-order valence-corrected chi connectivity index (χ3v) is 3.35. The lowest BCUT2D eigenvalue weighted by Gasteiger charge is -2.22. The lowest BCUT2D eigenvalue weighted by atomic mass is 10.1. The minimum absolute atomic E-state index is 0.122. The first-order valence-corrected chi connectivity index (χ1v) is 6.49. The summed E-state index contributed by atoms with van der Waals surface area (Å²) < 4.78 is 0. The number of nitrogens with one attached hydrogen (secondary N) is 1. The van der Waals surface area contributed by atoms with Gasteiger partial charge < -0.3 is 16.0 Å². The van der Waals surface area contributed by atoms with Gasteiger partial charge in [-0.15, -0.1) is 0 Å². The molecule has 2 amide bonds. The summed E-state index contributed by atoms with van der Waals surface area (Å²) in [5.41, 5.74) is 6.69. The highest BCUT2D eigenvalue weighted by molar-refractivity contribution is 5.92. The van der Waals surface area contributed by atoms with E-state index in [1.807, 2.05) is 24.0 Å². The largest absolute Gasteiger partial charge is 0.366 e. The molecule has 2 rings (SSSR count). The number of primary amides is 1. The Labute approximate surface area is 112 Å². The smallest absolute Gasteiger partial charge is 0.248 e. The average Bonchev–Trinajstić information content (AvgIpc) is 2.55. The highest BCUT2D eigenvalue weighted by Gasteiger charge is 2.22. The van der Waals surface area contributed by atoms with Crippen molar-refractivity contribution in [3.63, 3.8) is 0 Å². The zero-order valence-corrected chi connectivity index (χ0v) is 11.1. The molecule has 0 saturated carbocycles. The van der Waals surface area contributed by atoms with E-state index < -0.39 is 5.91 Å². The van der Waals surface area contributed by atoms with E-state index in [0.29, 0.717) is 12.1 Å². The lowest BCUT2D eigenvalue weighted by molar-refractivity contribution is -0.132. The maximum atomic E-state index is 12.1. The van der Waals surface area contributed by atoms with Gasteiger partial charge in [-0.3, -0.25) is 9.59 Å². The van der Waals surface area contributed by atoms with Crippen molar-refractivity contribution in [2.24, 2.45) is 5.73 Å². The Kier molecular flexibility index (Phi) is 4.16. The van der Waals surface area contributed by atoms with Crippen LogP contribution < -0.4 is 11.1 Å². The fourth-order valence-electron chi connectivity index (χ4n) is 2.21. The lowest BCUT2D eigenvalue weighted by Crippen LogP contribution is -2.41. The summed E-state index contributed by atoms with van der Waals surface area (Å²) in [6.45, 7) is 4.08. The quantitative estimate of drug-likeness (QED) is 0.831. The van der Waals surface area contributed by atoms with Crippen LogP contribution in [0.2, 0.25) is 0 Å². The molecule has 19 heavy (non-hydrogen) atoms. The number of hydrogen-bond acceptors (Lipinski definition) is 3. The Bertz CT molecular complexity index is 470. The molecule has 1 aliphatic rings. The van der Waals surface area contributed by atoms with Crippen LogP contribution in [0.5, 0.6) is 0 Å². The molecular weight excluding hydrogens is 242 g/mol. The van der Waals surface area contributed by atoms with Crippen molar-refractivity contribution >= 4 is 11.8 Å². The van der Waals surface area contributed by atoms with Gasteiger partial charge in [0.15, 0.2) is 0 Å². The van der Waals surface area contributed by atoms with Crippen molar-refractivity contribution in [1.29, 1.82) is 0 Å². The van der Waals surface area contributed by atoms with Crippen molar-refractivity contribution in [3.05, 3.63) is 35.4 Å². The molecule has 1 aromatic rings. The first kappa shape index (κ1) is 13.5. The Morgan fingerprint density at radius 3 is 2.74 bits per heavy atom. The summed E-state index contributed by atoms with van der Waals surface area (Å²) in [6, 6.07) is 6.95. The molecule has 0 spiro atoms. The van der Waals surface area contributed by atoms with Gasteiger partial charge in [0.25, 0.3) is 0 Å². The first-order chi connectivity index (χ1) is 9.08. The van der Waals surface area contributed by atoms with E-state index in [2.05, 4.69) is 5.32 Å². The Hall–Kier alpha value is -1.88. The number of benzene rings is 1. The van der Waals surface area contributed by atoms with Crippen molar-refractivity contribution in [2.75, 3.05) is 13.1 Å². The van der Waals surface area contributed by atoms with Crippen LogP contribution >= 0.6 is 0 Å². The SMILES string of the molecule is CC1NCCCN(Cc2ccc(C(N)=O)cc2)C1=O. The maximum Gasteiger partial charge on any atom is 0.248 e. The van der Waals surface area contributed by atoms with Crippen LogP contribution in [-0.2, 0) is 11.3 Å². The molecule has 102 valence electrons. The predicted molar refractivity (Wildman–Crippen MR) is 72.5 cm³/mol. The van der Waals surface area contributed by atoms with E-state index in [1.165, 1.54) is 0 Å². The molecule has 1 aromatic carbocycles. The third-order valence-electron chi connectivity index (χ3n) is 3.35. The van der Waals surface area contributed by atoms with Crippen LogP contribution in [0.4, 0.5) is 0 Å². The maximum absolute atomic E-state index is 12.1. The van der Waals surface area contributed by atoms with Crippen molar-refractivity contribution in [3.8, 4) is 0 Å². The van der Waals surface area contributed by atoms with Gasteiger partial charge in [-0.1, -0.05) is 12.1 Å². The Morgan fingerprint density at radius 1 is 1.42 bits per heavy atom. The van der Waals surface area contributed by atoms with E-state index in [1.54, 1.807) is 12.1 Å². The van der Waals surface area contributed by atoms with E-state index >= 15 is 0 Å². The van der Waals surface area contributed by atoms with Gasteiger partial charge in [0.1, 0.15) is 0 Å². The van der Waals surface area contributed by atoms with Crippen LogP contribution in [0.15, 0.2) is 24.3 Å². The molecule has 3 N–H and O–H groups in total. The van der Waals surface area contributed by atoms with E-state index in [-0.39, 0.29) is 11.9 Å². The molecule has 1 atom stereocenters. The topological polar surface area (TPSA) is 75.4 Å². The van der Waals surface area contributed by atoms with E-state index in [4.69, 9.17) is 5.73 Å². The van der Waals surface area contributed by atoms with E-state index in [9.17, 15) is 9.59 Å². The molecule has 1 saturated heterocycles. The van der Waals surface area contributed by atoms with Gasteiger partial charge in [-0.25, -0.2) is 0 Å². The second-order valence-electron chi connectivity index (χ2n) is 4.85. The summed E-state index contributed by atoms with van der Waals surface area (Å²) in [7, 11) is 0. The Morgan fingerprint density at radius 2 is 2.11 bits per heavy atom. The van der Waals surface area contributed by atoms with Crippen molar-refractivity contribution in [1.82, 2.24) is 10.2 Å². The molecule has 5 heteroatoms. The first-order valence-electron chi connectivity index (χ1n) is 6.49. The number of hydrogen-bond donors (Lipinski definition) is 2. The third kappa shape index (κ3) is 3.32. The molecule has 1 fully saturated rings. The fourth-order valence-corrected chi connectivity index (χ4v) is 2.21. The van der Waals surface area contributed by atoms with Gasteiger partial charge >= 0.3 is 0 Å². The molecule has 0 aromatic heterocycles. The van der Waals surface area contributed by atoms with Crippen LogP contribution in [0.25, 0.3) is 0 Å². The second-order valence-corrected chi connectivity index (χ2v) is 4.85. The number of carbonyl (C=O) groups excluding carboxylic acids is 2. The molecule has 0 bridgehead atoms. The number of nitrogens with zero attached hydrogens (tertiary/aromatic N) is 1. The number of nitrogens with two attached hydrogens (primary N) is 1. The Balaban J connectivity index is 2.07. The van der Waals surface area contributed by atoms with Crippen molar-refractivity contribution < 1.29 is 9.59 Å². The molecule has 1 heterocycles. The summed E-state index contributed by atoms with van der Waals surface area (Å²) >= 11 is 0. The molecular formula is C14H19N3O2. The van der Waals surface area contributed by atoms with Crippen molar-refractivity contribution in [2.45, 2.75) is 25.9 Å². The normalized spacial score (nSPS) is 20.2. The molecule has 0 radical (unpaired) electrons. The van der Waals surface area contributed by atoms with Crippen LogP contribution in [-0.4, -0.2) is 35.8 Å². The van der Waals surface area contributed by atoms with Gasteiger partial charge in [-0.05, 0) is 37.6 Å². The monoisotopic (exact) mass is 261 g/mol. The highest BCUT2D eigenvalue weighted by Crippen LogP contribution is 2.10. The van der Waals surface area contributed by atoms with Gasteiger partial charge in [0.05, 0.1) is 6.04 Å². The zero-order valence-electron chi connectivity index (χ0n) is 11.1. The highest BCUT2D eigenvalue weighted by atomic mass is 16.2. The van der Waals surface area contributed by atoms with E-state index in [0.717, 1.165) is 25.1 Å². The molecule has 5 nitrogen and oxygen atoms in total. The predicted octanol–water partition coefficient (Wildman–Crippen LogP) is 0.496. The number of carbonyl (C=O) groups is 2.